The highest BCUT2D eigenvalue weighted by Gasteiger charge is 2.24. The summed E-state index contributed by atoms with van der Waals surface area (Å²) >= 11 is 1.62. The quantitative estimate of drug-likeness (QED) is 0.614. The van der Waals surface area contributed by atoms with Gasteiger partial charge in [-0.3, -0.25) is 4.79 Å². The second kappa shape index (κ2) is 9.33. The average molecular weight is 417 g/mol. The van der Waals surface area contributed by atoms with E-state index in [0.717, 1.165) is 32.2 Å². The summed E-state index contributed by atoms with van der Waals surface area (Å²) in [5.41, 5.74) is 1.80. The molecule has 1 N–H and O–H groups in total. The number of quaternary nitrogens is 1. The minimum absolute atomic E-state index is 0.0441. The van der Waals surface area contributed by atoms with Crippen molar-refractivity contribution in [2.45, 2.75) is 26.4 Å². The van der Waals surface area contributed by atoms with Crippen molar-refractivity contribution >= 4 is 27.5 Å². The van der Waals surface area contributed by atoms with E-state index in [-0.39, 0.29) is 23.5 Å². The lowest BCUT2D eigenvalue weighted by Gasteiger charge is -2.25. The van der Waals surface area contributed by atoms with E-state index in [2.05, 4.69) is 4.98 Å². The fourth-order valence-electron chi connectivity index (χ4n) is 3.21. The molecule has 0 fully saturated rings. The van der Waals surface area contributed by atoms with Crippen LogP contribution in [-0.4, -0.2) is 43.0 Å². The van der Waals surface area contributed by atoms with Crippen LogP contribution in [0.1, 0.15) is 30.5 Å². The van der Waals surface area contributed by atoms with Crippen molar-refractivity contribution in [3.8, 4) is 5.75 Å². The number of fused-ring (bicyclic) bond motifs is 1. The van der Waals surface area contributed by atoms with Crippen LogP contribution in [-0.2, 0) is 11.3 Å². The Labute approximate surface area is 174 Å². The number of amides is 1. The van der Waals surface area contributed by atoms with Gasteiger partial charge < -0.3 is 14.5 Å². The number of likely N-dealkylation sites (N-methyl/N-ethyl adjacent to an activating group) is 2. The van der Waals surface area contributed by atoms with Crippen molar-refractivity contribution in [3.63, 3.8) is 0 Å². The first-order valence-electron chi connectivity index (χ1n) is 9.70. The molecule has 0 aliphatic rings. The highest BCUT2D eigenvalue weighted by Crippen LogP contribution is 2.28. The lowest BCUT2D eigenvalue weighted by Crippen LogP contribution is -3.11. The van der Waals surface area contributed by atoms with Gasteiger partial charge in [0.2, 0.25) is 0 Å². The van der Waals surface area contributed by atoms with E-state index in [4.69, 9.17) is 4.74 Å². The normalized spacial score (nSPS) is 13.3. The molecule has 2 aromatic carbocycles. The summed E-state index contributed by atoms with van der Waals surface area (Å²) < 4.78 is 20.1. The van der Waals surface area contributed by atoms with Crippen molar-refractivity contribution in [1.82, 2.24) is 9.88 Å². The molecule has 0 bridgehead atoms. The smallest absolute Gasteiger partial charge is 0.278 e. The van der Waals surface area contributed by atoms with Crippen LogP contribution < -0.4 is 9.64 Å². The van der Waals surface area contributed by atoms with Gasteiger partial charge in [0, 0.05) is 12.6 Å². The summed E-state index contributed by atoms with van der Waals surface area (Å²) in [5.74, 6) is -0.108. The van der Waals surface area contributed by atoms with Gasteiger partial charge in [-0.15, -0.1) is 11.3 Å². The molecule has 0 aliphatic heterocycles. The van der Waals surface area contributed by atoms with Gasteiger partial charge in [0.1, 0.15) is 11.6 Å². The SMILES string of the molecule is CC[NH+](CC(=O)N(C)[C@@H](C)c1nc2ccccc2s1)Cc1ccc(OC)c(F)c1. The first-order valence-corrected chi connectivity index (χ1v) is 10.5. The Bertz CT molecular complexity index is 958. The van der Waals surface area contributed by atoms with E-state index in [1.54, 1.807) is 22.3 Å². The zero-order chi connectivity index (χ0) is 21.0. The number of hydrogen-bond acceptors (Lipinski definition) is 4. The maximum Gasteiger partial charge on any atom is 0.278 e. The van der Waals surface area contributed by atoms with Crippen LogP contribution in [0.25, 0.3) is 10.2 Å². The number of thiazole rings is 1. The van der Waals surface area contributed by atoms with Gasteiger partial charge in [0.25, 0.3) is 5.91 Å². The highest BCUT2D eigenvalue weighted by atomic mass is 32.1. The molecule has 0 saturated carbocycles. The molecule has 0 spiro atoms. The number of ether oxygens (including phenoxy) is 1. The highest BCUT2D eigenvalue weighted by molar-refractivity contribution is 7.18. The van der Waals surface area contributed by atoms with E-state index < -0.39 is 0 Å². The summed E-state index contributed by atoms with van der Waals surface area (Å²) in [6, 6.07) is 12.8. The number of halogens is 1. The third-order valence-corrected chi connectivity index (χ3v) is 6.42. The monoisotopic (exact) mass is 416 g/mol. The van der Waals surface area contributed by atoms with E-state index in [9.17, 15) is 9.18 Å². The van der Waals surface area contributed by atoms with E-state index in [1.807, 2.05) is 51.2 Å². The number of carbonyl (C=O) groups excluding carboxylic acids is 1. The molecule has 3 rings (SSSR count). The fraction of sp³-hybridized carbons (Fsp3) is 0.364. The zero-order valence-electron chi connectivity index (χ0n) is 17.2. The Morgan fingerprint density at radius 1 is 1.31 bits per heavy atom. The molecule has 0 saturated heterocycles. The Balaban J connectivity index is 1.65. The number of hydrogen-bond donors (Lipinski definition) is 1. The molecular weight excluding hydrogens is 389 g/mol. The summed E-state index contributed by atoms with van der Waals surface area (Å²) in [7, 11) is 3.27. The van der Waals surface area contributed by atoms with Gasteiger partial charge >= 0.3 is 0 Å². The van der Waals surface area contributed by atoms with Gasteiger partial charge in [-0.05, 0) is 44.2 Å². The van der Waals surface area contributed by atoms with Crippen LogP contribution >= 0.6 is 11.3 Å². The summed E-state index contributed by atoms with van der Waals surface area (Å²) in [6.45, 7) is 5.71. The molecule has 0 aliphatic carbocycles. The second-order valence-corrected chi connectivity index (χ2v) is 8.19. The predicted octanol–water partition coefficient (Wildman–Crippen LogP) is 3.07. The summed E-state index contributed by atoms with van der Waals surface area (Å²) in [5, 5.41) is 0.928. The van der Waals surface area contributed by atoms with Crippen LogP contribution in [0, 0.1) is 5.82 Å². The molecule has 1 amide bonds. The molecule has 1 aromatic heterocycles. The van der Waals surface area contributed by atoms with Crippen molar-refractivity contribution in [2.75, 3.05) is 27.2 Å². The third kappa shape index (κ3) is 4.92. The first kappa shape index (κ1) is 21.2. The Hall–Kier alpha value is -2.51. The Kier molecular flexibility index (Phi) is 6.82. The van der Waals surface area contributed by atoms with Crippen molar-refractivity contribution in [2.24, 2.45) is 0 Å². The zero-order valence-corrected chi connectivity index (χ0v) is 18.1. The molecule has 3 aromatic rings. The topological polar surface area (TPSA) is 46.9 Å². The lowest BCUT2D eigenvalue weighted by atomic mass is 10.2. The maximum atomic E-state index is 14.0. The number of benzene rings is 2. The number of para-hydroxylation sites is 1. The van der Waals surface area contributed by atoms with Crippen LogP contribution in [0.2, 0.25) is 0 Å². The van der Waals surface area contributed by atoms with Gasteiger partial charge in [-0.1, -0.05) is 12.1 Å². The van der Waals surface area contributed by atoms with Crippen LogP contribution in [0.5, 0.6) is 5.75 Å². The number of carbonyl (C=O) groups is 1. The summed E-state index contributed by atoms with van der Waals surface area (Å²) in [4.78, 5) is 20.4. The first-order chi connectivity index (χ1) is 13.9. The fourth-order valence-corrected chi connectivity index (χ4v) is 4.27. The Morgan fingerprint density at radius 3 is 2.72 bits per heavy atom. The predicted molar refractivity (Wildman–Crippen MR) is 114 cm³/mol. The van der Waals surface area contributed by atoms with Crippen LogP contribution in [0.4, 0.5) is 4.39 Å². The number of aromatic nitrogens is 1. The van der Waals surface area contributed by atoms with Gasteiger partial charge in [0.05, 0.1) is 29.9 Å². The summed E-state index contributed by atoms with van der Waals surface area (Å²) in [6.07, 6.45) is 0. The largest absolute Gasteiger partial charge is 0.494 e. The Morgan fingerprint density at radius 2 is 2.07 bits per heavy atom. The maximum absolute atomic E-state index is 14.0. The van der Waals surface area contributed by atoms with Crippen molar-refractivity contribution < 1.29 is 18.8 Å². The van der Waals surface area contributed by atoms with E-state index in [0.29, 0.717) is 13.1 Å². The third-order valence-electron chi connectivity index (χ3n) is 5.21. The molecule has 29 heavy (non-hydrogen) atoms. The molecule has 1 heterocycles. The van der Waals surface area contributed by atoms with E-state index in [1.165, 1.54) is 13.2 Å². The van der Waals surface area contributed by atoms with Gasteiger partial charge in [-0.25, -0.2) is 9.37 Å². The van der Waals surface area contributed by atoms with Gasteiger partial charge in [-0.2, -0.15) is 0 Å². The van der Waals surface area contributed by atoms with Crippen LogP contribution in [0.15, 0.2) is 42.5 Å². The van der Waals surface area contributed by atoms with Gasteiger partial charge in [0.15, 0.2) is 18.1 Å². The standard InChI is InChI=1S/C22H26FN3O2S/c1-5-26(13-16-10-11-19(28-4)17(23)12-16)14-21(27)25(3)15(2)22-24-18-8-6-7-9-20(18)29-22/h6-12,15H,5,13-14H2,1-4H3/p+1/t15-/m0/s1. The molecule has 0 radical (unpaired) electrons. The van der Waals surface area contributed by atoms with Crippen molar-refractivity contribution in [3.05, 3.63) is 58.9 Å². The number of nitrogens with zero attached hydrogens (tertiary/aromatic N) is 2. The second-order valence-electron chi connectivity index (χ2n) is 7.13. The molecule has 154 valence electrons. The van der Waals surface area contributed by atoms with E-state index >= 15 is 0 Å². The number of rotatable bonds is 8. The minimum Gasteiger partial charge on any atom is -0.494 e. The molecular formula is C22H27FN3O2S+. The molecule has 2 atom stereocenters. The van der Waals surface area contributed by atoms with Crippen molar-refractivity contribution in [1.29, 1.82) is 0 Å². The van der Waals surface area contributed by atoms with Crippen LogP contribution in [0.3, 0.4) is 0 Å². The molecule has 1 unspecified atom stereocenters. The average Bonchev–Trinajstić information content (AvgIpc) is 3.16. The minimum atomic E-state index is -0.381. The number of methoxy groups -OCH3 is 1. The molecule has 5 nitrogen and oxygen atoms in total. The number of nitrogens with one attached hydrogen (secondary N) is 1. The lowest BCUT2D eigenvalue weighted by molar-refractivity contribution is -0.904. The molecule has 7 heteroatoms.